The molecule has 0 saturated heterocycles. The predicted molar refractivity (Wildman–Crippen MR) is 113 cm³/mol. The zero-order chi connectivity index (χ0) is 21.9. The zero-order valence-electron chi connectivity index (χ0n) is 18.2. The lowest BCUT2D eigenvalue weighted by atomic mass is 9.89. The number of likely N-dealkylation sites (N-methyl/N-ethyl adjacent to an activating group) is 1. The molecule has 0 radical (unpaired) electrons. The molecule has 0 spiro atoms. The molecule has 0 fully saturated rings. The highest BCUT2D eigenvalue weighted by atomic mass is 19.4. The molecule has 168 valence electrons. The molecule has 2 atom stereocenters. The standard InChI is InChI=1S/C22H38F3N3O/c1-5-12-28(13-10-26-4)14-11-27-16-21(29)19-8-6-18(7-9-19)20(15-17(2)3)22(23,24)25/h6-9,17,20-21,26-27,29H,5,10-16H2,1-4H3. The molecule has 0 heterocycles. The molecule has 0 aliphatic rings. The van der Waals surface area contributed by atoms with Crippen LogP contribution in [0, 0.1) is 5.92 Å². The minimum Gasteiger partial charge on any atom is -0.387 e. The number of hydrogen-bond donors (Lipinski definition) is 3. The monoisotopic (exact) mass is 417 g/mol. The molecule has 0 aromatic heterocycles. The quantitative estimate of drug-likeness (QED) is 0.402. The van der Waals surface area contributed by atoms with E-state index in [1.807, 2.05) is 7.05 Å². The third-order valence-electron chi connectivity index (χ3n) is 4.99. The lowest BCUT2D eigenvalue weighted by Crippen LogP contribution is -2.37. The van der Waals surface area contributed by atoms with Crippen molar-refractivity contribution in [2.75, 3.05) is 46.3 Å². The second-order valence-corrected chi connectivity index (χ2v) is 8.06. The first kappa shape index (κ1) is 25.9. The van der Waals surface area contributed by atoms with Crippen molar-refractivity contribution in [1.82, 2.24) is 15.5 Å². The van der Waals surface area contributed by atoms with E-state index in [1.165, 1.54) is 12.1 Å². The highest BCUT2D eigenvalue weighted by Gasteiger charge is 2.40. The van der Waals surface area contributed by atoms with Crippen LogP contribution in [0.2, 0.25) is 0 Å². The van der Waals surface area contributed by atoms with Crippen LogP contribution in [0.15, 0.2) is 24.3 Å². The Bertz CT molecular complexity index is 549. The van der Waals surface area contributed by atoms with Crippen molar-refractivity contribution in [3.05, 3.63) is 35.4 Å². The van der Waals surface area contributed by atoms with E-state index in [0.717, 1.165) is 39.1 Å². The number of alkyl halides is 3. The molecule has 29 heavy (non-hydrogen) atoms. The summed E-state index contributed by atoms with van der Waals surface area (Å²) in [6.45, 7) is 10.7. The first-order valence-electron chi connectivity index (χ1n) is 10.6. The van der Waals surface area contributed by atoms with Crippen molar-refractivity contribution in [1.29, 1.82) is 0 Å². The number of aliphatic hydroxyl groups is 1. The highest BCUT2D eigenvalue weighted by Crippen LogP contribution is 2.39. The number of nitrogens with one attached hydrogen (secondary N) is 2. The molecular weight excluding hydrogens is 379 g/mol. The van der Waals surface area contributed by atoms with Gasteiger partial charge in [0.2, 0.25) is 0 Å². The summed E-state index contributed by atoms with van der Waals surface area (Å²) in [6.07, 6.45) is -3.84. The van der Waals surface area contributed by atoms with Crippen molar-refractivity contribution < 1.29 is 18.3 Å². The maximum absolute atomic E-state index is 13.4. The average Bonchev–Trinajstić information content (AvgIpc) is 2.66. The fraction of sp³-hybridized carbons (Fsp3) is 0.727. The topological polar surface area (TPSA) is 47.5 Å². The molecular formula is C22H38F3N3O. The molecule has 3 N–H and O–H groups in total. The minimum absolute atomic E-state index is 0.0449. The fourth-order valence-electron chi connectivity index (χ4n) is 3.40. The highest BCUT2D eigenvalue weighted by molar-refractivity contribution is 5.28. The van der Waals surface area contributed by atoms with Gasteiger partial charge in [0.05, 0.1) is 12.0 Å². The van der Waals surface area contributed by atoms with Gasteiger partial charge in [-0.15, -0.1) is 0 Å². The Morgan fingerprint density at radius 2 is 1.59 bits per heavy atom. The van der Waals surface area contributed by atoms with Gasteiger partial charge in [0.15, 0.2) is 0 Å². The number of rotatable bonds is 14. The molecule has 1 rings (SSSR count). The van der Waals surface area contributed by atoms with Crippen LogP contribution in [0.1, 0.15) is 56.8 Å². The number of hydrogen-bond acceptors (Lipinski definition) is 4. The van der Waals surface area contributed by atoms with Crippen LogP contribution in [0.3, 0.4) is 0 Å². The van der Waals surface area contributed by atoms with E-state index in [-0.39, 0.29) is 17.9 Å². The molecule has 7 heteroatoms. The van der Waals surface area contributed by atoms with E-state index in [1.54, 1.807) is 26.0 Å². The van der Waals surface area contributed by atoms with Crippen molar-refractivity contribution >= 4 is 0 Å². The lowest BCUT2D eigenvalue weighted by Gasteiger charge is -2.23. The van der Waals surface area contributed by atoms with Crippen LogP contribution in [0.4, 0.5) is 13.2 Å². The Hall–Kier alpha value is -1.15. The molecule has 0 saturated carbocycles. The van der Waals surface area contributed by atoms with E-state index in [0.29, 0.717) is 12.1 Å². The van der Waals surface area contributed by atoms with Crippen molar-refractivity contribution in [3.63, 3.8) is 0 Å². The average molecular weight is 418 g/mol. The van der Waals surface area contributed by atoms with E-state index in [2.05, 4.69) is 22.5 Å². The molecule has 0 bridgehead atoms. The minimum atomic E-state index is -4.26. The van der Waals surface area contributed by atoms with Crippen molar-refractivity contribution in [2.45, 2.75) is 51.8 Å². The van der Waals surface area contributed by atoms with Gasteiger partial charge in [-0.2, -0.15) is 13.2 Å². The van der Waals surface area contributed by atoms with E-state index in [9.17, 15) is 18.3 Å². The fourth-order valence-corrected chi connectivity index (χ4v) is 3.40. The molecule has 1 aromatic rings. The SMILES string of the molecule is CCCN(CCNC)CCNCC(O)c1ccc(C(CC(C)C)C(F)(F)F)cc1. The van der Waals surface area contributed by atoms with E-state index < -0.39 is 18.2 Å². The Balaban J connectivity index is 2.55. The predicted octanol–water partition coefficient (Wildman–Crippen LogP) is 3.93. The van der Waals surface area contributed by atoms with Crippen LogP contribution < -0.4 is 10.6 Å². The second-order valence-electron chi connectivity index (χ2n) is 8.06. The Morgan fingerprint density at radius 1 is 1.00 bits per heavy atom. The summed E-state index contributed by atoms with van der Waals surface area (Å²) in [7, 11) is 1.93. The summed E-state index contributed by atoms with van der Waals surface area (Å²) in [5.74, 6) is -1.51. The number of benzene rings is 1. The first-order chi connectivity index (χ1) is 13.7. The van der Waals surface area contributed by atoms with Crippen LogP contribution in [-0.4, -0.2) is 62.5 Å². The normalized spacial score (nSPS) is 14.6. The van der Waals surface area contributed by atoms with Gasteiger partial charge in [-0.3, -0.25) is 0 Å². The summed E-state index contributed by atoms with van der Waals surface area (Å²) in [4.78, 5) is 2.36. The smallest absolute Gasteiger partial charge is 0.387 e. The van der Waals surface area contributed by atoms with Crippen LogP contribution in [0.5, 0.6) is 0 Å². The zero-order valence-corrected chi connectivity index (χ0v) is 18.2. The molecule has 0 aliphatic carbocycles. The molecule has 4 nitrogen and oxygen atoms in total. The molecule has 1 aromatic carbocycles. The Labute approximate surface area is 173 Å². The van der Waals surface area contributed by atoms with Gasteiger partial charge < -0.3 is 20.6 Å². The van der Waals surface area contributed by atoms with Gasteiger partial charge >= 0.3 is 6.18 Å². The van der Waals surface area contributed by atoms with Gasteiger partial charge in [-0.1, -0.05) is 45.0 Å². The Morgan fingerprint density at radius 3 is 2.10 bits per heavy atom. The second kappa shape index (κ2) is 13.2. The van der Waals surface area contributed by atoms with Crippen LogP contribution in [-0.2, 0) is 0 Å². The Kier molecular flexibility index (Phi) is 11.8. The van der Waals surface area contributed by atoms with Crippen LogP contribution in [0.25, 0.3) is 0 Å². The summed E-state index contributed by atoms with van der Waals surface area (Å²) >= 11 is 0. The maximum atomic E-state index is 13.4. The van der Waals surface area contributed by atoms with Gasteiger partial charge in [-0.05, 0) is 43.5 Å². The number of halogens is 3. The summed E-state index contributed by atoms with van der Waals surface area (Å²) in [5, 5.41) is 16.7. The first-order valence-corrected chi connectivity index (χ1v) is 10.6. The van der Waals surface area contributed by atoms with Gasteiger partial charge in [0.25, 0.3) is 0 Å². The number of nitrogens with zero attached hydrogens (tertiary/aromatic N) is 1. The summed E-state index contributed by atoms with van der Waals surface area (Å²) in [5.41, 5.74) is 0.891. The van der Waals surface area contributed by atoms with Gasteiger partial charge in [-0.25, -0.2) is 0 Å². The maximum Gasteiger partial charge on any atom is 0.395 e. The molecule has 0 amide bonds. The van der Waals surface area contributed by atoms with E-state index in [4.69, 9.17) is 0 Å². The summed E-state index contributed by atoms with van der Waals surface area (Å²) in [6, 6.07) is 6.22. The summed E-state index contributed by atoms with van der Waals surface area (Å²) < 4.78 is 40.1. The van der Waals surface area contributed by atoms with E-state index >= 15 is 0 Å². The largest absolute Gasteiger partial charge is 0.395 e. The molecule has 2 unspecified atom stereocenters. The molecule has 0 aliphatic heterocycles. The van der Waals surface area contributed by atoms with Gasteiger partial charge in [0.1, 0.15) is 0 Å². The number of aliphatic hydroxyl groups excluding tert-OH is 1. The third kappa shape index (κ3) is 9.94. The van der Waals surface area contributed by atoms with Crippen molar-refractivity contribution in [2.24, 2.45) is 5.92 Å². The van der Waals surface area contributed by atoms with Crippen molar-refractivity contribution in [3.8, 4) is 0 Å². The third-order valence-corrected chi connectivity index (χ3v) is 4.99. The van der Waals surface area contributed by atoms with Gasteiger partial charge in [0, 0.05) is 32.7 Å². The van der Waals surface area contributed by atoms with Crippen LogP contribution >= 0.6 is 0 Å². The lowest BCUT2D eigenvalue weighted by molar-refractivity contribution is -0.153.